The lowest BCUT2D eigenvalue weighted by Crippen LogP contribution is -2.43. The summed E-state index contributed by atoms with van der Waals surface area (Å²) in [6.45, 7) is 2.03. The summed E-state index contributed by atoms with van der Waals surface area (Å²) in [5.74, 6) is 0.319. The molecule has 3 heterocycles. The largest absolute Gasteiger partial charge is 0.376 e. The second kappa shape index (κ2) is 6.96. The first kappa shape index (κ1) is 16.3. The van der Waals surface area contributed by atoms with E-state index < -0.39 is 0 Å². The van der Waals surface area contributed by atoms with Crippen molar-refractivity contribution in [2.24, 2.45) is 5.92 Å². The zero-order valence-corrected chi connectivity index (χ0v) is 14.3. The van der Waals surface area contributed by atoms with E-state index in [4.69, 9.17) is 4.74 Å². The van der Waals surface area contributed by atoms with E-state index in [-0.39, 0.29) is 23.1 Å². The van der Waals surface area contributed by atoms with E-state index in [2.05, 4.69) is 4.98 Å². The zero-order valence-electron chi connectivity index (χ0n) is 14.3. The number of nitrogens with zero attached hydrogens (tertiary/aromatic N) is 3. The van der Waals surface area contributed by atoms with Gasteiger partial charge in [-0.2, -0.15) is 0 Å². The molecule has 1 atom stereocenters. The Morgan fingerprint density at radius 1 is 1.24 bits per heavy atom. The molecule has 0 N–H and O–H groups in total. The number of amides is 1. The molecule has 1 aliphatic heterocycles. The minimum Gasteiger partial charge on any atom is -0.376 e. The smallest absolute Gasteiger partial charge is 0.270 e. The number of carbonyl (C=O) groups is 1. The van der Waals surface area contributed by atoms with Gasteiger partial charge in [-0.3, -0.25) is 14.0 Å². The quantitative estimate of drug-likeness (QED) is 0.836. The number of fused-ring (bicyclic) bond motifs is 1. The first-order valence-corrected chi connectivity index (χ1v) is 9.09. The number of hydrogen-bond donors (Lipinski definition) is 0. The van der Waals surface area contributed by atoms with Crippen LogP contribution >= 0.6 is 0 Å². The molecule has 1 amide bonds. The lowest BCUT2D eigenvalue weighted by atomic mass is 9.85. The molecule has 0 aromatic carbocycles. The molecule has 0 radical (unpaired) electrons. The minimum absolute atomic E-state index is 0.0835. The number of carbonyl (C=O) groups excluding carboxylic acids is 1. The van der Waals surface area contributed by atoms with Gasteiger partial charge in [0.05, 0.1) is 6.10 Å². The Morgan fingerprint density at radius 3 is 2.84 bits per heavy atom. The topological polar surface area (TPSA) is 63.9 Å². The summed E-state index contributed by atoms with van der Waals surface area (Å²) in [5.41, 5.74) is 0.385. The third-order valence-electron chi connectivity index (χ3n) is 5.28. The van der Waals surface area contributed by atoms with E-state index in [9.17, 15) is 9.59 Å². The van der Waals surface area contributed by atoms with Crippen LogP contribution in [-0.2, 0) is 4.74 Å². The van der Waals surface area contributed by atoms with E-state index in [1.165, 1.54) is 17.0 Å². The summed E-state index contributed by atoms with van der Waals surface area (Å²) in [7, 11) is 0. The van der Waals surface area contributed by atoms with Crippen molar-refractivity contribution in [3.63, 3.8) is 0 Å². The van der Waals surface area contributed by atoms with Gasteiger partial charge in [0.25, 0.3) is 11.5 Å². The first-order valence-electron chi connectivity index (χ1n) is 9.09. The average Bonchev–Trinajstić information content (AvgIpc) is 3.10. The van der Waals surface area contributed by atoms with Crippen molar-refractivity contribution >= 4 is 11.6 Å². The third-order valence-corrected chi connectivity index (χ3v) is 5.28. The van der Waals surface area contributed by atoms with Crippen LogP contribution in [0, 0.1) is 5.92 Å². The van der Waals surface area contributed by atoms with Crippen molar-refractivity contribution in [2.75, 3.05) is 19.7 Å². The fourth-order valence-electron chi connectivity index (χ4n) is 3.61. The molecule has 2 aromatic heterocycles. The normalized spacial score (nSPS) is 20.6. The molecule has 2 aliphatic rings. The van der Waals surface area contributed by atoms with Crippen molar-refractivity contribution in [1.29, 1.82) is 0 Å². The highest BCUT2D eigenvalue weighted by Crippen LogP contribution is 2.28. The van der Waals surface area contributed by atoms with Gasteiger partial charge in [-0.15, -0.1) is 0 Å². The molecule has 1 aliphatic carbocycles. The van der Waals surface area contributed by atoms with Crippen LogP contribution in [0.1, 0.15) is 42.5 Å². The molecule has 1 saturated heterocycles. The Bertz CT molecular complexity index is 822. The maximum atomic E-state index is 13.1. The van der Waals surface area contributed by atoms with Gasteiger partial charge in [-0.25, -0.2) is 4.98 Å². The highest BCUT2D eigenvalue weighted by Gasteiger charge is 2.29. The molecule has 2 fully saturated rings. The number of hydrogen-bond acceptors (Lipinski definition) is 4. The molecule has 4 rings (SSSR count). The van der Waals surface area contributed by atoms with Crippen LogP contribution in [0.3, 0.4) is 0 Å². The molecular weight excluding hydrogens is 318 g/mol. The monoisotopic (exact) mass is 341 g/mol. The molecule has 0 spiro atoms. The lowest BCUT2D eigenvalue weighted by Gasteiger charge is -2.33. The van der Waals surface area contributed by atoms with Gasteiger partial charge in [-0.05, 0) is 43.7 Å². The second-order valence-electron chi connectivity index (χ2n) is 7.05. The van der Waals surface area contributed by atoms with Crippen LogP contribution in [0.25, 0.3) is 5.65 Å². The standard InChI is InChI=1S/C19H23N3O3/c23-18(16-11-20-17-8-1-2-9-22(17)19(16)24)21(12-14-5-3-6-14)13-15-7-4-10-25-15/h1-2,8-9,11,14-15H,3-7,10,12-13H2/t15-/m0/s1. The Morgan fingerprint density at radius 2 is 2.12 bits per heavy atom. The summed E-state index contributed by atoms with van der Waals surface area (Å²) in [4.78, 5) is 31.9. The Balaban J connectivity index is 1.62. The van der Waals surface area contributed by atoms with Crippen molar-refractivity contribution < 1.29 is 9.53 Å². The predicted molar refractivity (Wildman–Crippen MR) is 93.7 cm³/mol. The van der Waals surface area contributed by atoms with Gasteiger partial charge < -0.3 is 9.64 Å². The van der Waals surface area contributed by atoms with Crippen LogP contribution < -0.4 is 5.56 Å². The van der Waals surface area contributed by atoms with Gasteiger partial charge >= 0.3 is 0 Å². The van der Waals surface area contributed by atoms with Gasteiger partial charge in [-0.1, -0.05) is 12.5 Å². The number of aromatic nitrogens is 2. The zero-order chi connectivity index (χ0) is 17.2. The van der Waals surface area contributed by atoms with E-state index in [0.717, 1.165) is 32.3 Å². The molecule has 132 valence electrons. The molecule has 6 heteroatoms. The molecule has 6 nitrogen and oxygen atoms in total. The van der Waals surface area contributed by atoms with Crippen molar-refractivity contribution in [3.05, 3.63) is 46.5 Å². The van der Waals surface area contributed by atoms with Gasteiger partial charge in [0.2, 0.25) is 0 Å². The molecular formula is C19H23N3O3. The van der Waals surface area contributed by atoms with Gasteiger partial charge in [0.15, 0.2) is 0 Å². The van der Waals surface area contributed by atoms with Crippen LogP contribution in [0.5, 0.6) is 0 Å². The van der Waals surface area contributed by atoms with Crippen molar-refractivity contribution in [2.45, 2.75) is 38.2 Å². The first-order chi connectivity index (χ1) is 12.2. The van der Waals surface area contributed by atoms with Crippen LogP contribution in [-0.4, -0.2) is 46.0 Å². The fraction of sp³-hybridized carbons (Fsp3) is 0.526. The van der Waals surface area contributed by atoms with Crippen molar-refractivity contribution in [1.82, 2.24) is 14.3 Å². The fourth-order valence-corrected chi connectivity index (χ4v) is 3.61. The van der Waals surface area contributed by atoms with Crippen molar-refractivity contribution in [3.8, 4) is 0 Å². The highest BCUT2D eigenvalue weighted by molar-refractivity contribution is 5.93. The van der Waals surface area contributed by atoms with Crippen LogP contribution in [0.4, 0.5) is 0 Å². The van der Waals surface area contributed by atoms with E-state index in [0.29, 0.717) is 24.7 Å². The Hall–Kier alpha value is -2.21. The average molecular weight is 341 g/mol. The Kier molecular flexibility index (Phi) is 4.53. The molecule has 2 aromatic rings. The van der Waals surface area contributed by atoms with Crippen LogP contribution in [0.15, 0.2) is 35.4 Å². The summed E-state index contributed by atoms with van der Waals surface area (Å²) in [6, 6.07) is 5.35. The van der Waals surface area contributed by atoms with Gasteiger partial charge in [0, 0.05) is 32.1 Å². The Labute approximate surface area is 146 Å². The third kappa shape index (κ3) is 3.31. The van der Waals surface area contributed by atoms with E-state index in [1.54, 1.807) is 18.3 Å². The minimum atomic E-state index is -0.304. The summed E-state index contributed by atoms with van der Waals surface area (Å²) < 4.78 is 7.14. The molecule has 0 bridgehead atoms. The predicted octanol–water partition coefficient (Wildman–Crippen LogP) is 2.12. The SMILES string of the molecule is O=C(c1cnc2ccccn2c1=O)N(CC1CCC1)C[C@@H]1CCCO1. The van der Waals surface area contributed by atoms with Gasteiger partial charge in [0.1, 0.15) is 11.2 Å². The number of rotatable bonds is 5. The number of ether oxygens (including phenoxy) is 1. The summed E-state index contributed by atoms with van der Waals surface area (Å²) >= 11 is 0. The second-order valence-corrected chi connectivity index (χ2v) is 7.05. The lowest BCUT2D eigenvalue weighted by molar-refractivity contribution is 0.0446. The maximum absolute atomic E-state index is 13.1. The van der Waals surface area contributed by atoms with Crippen LogP contribution in [0.2, 0.25) is 0 Å². The highest BCUT2D eigenvalue weighted by atomic mass is 16.5. The summed E-state index contributed by atoms with van der Waals surface area (Å²) in [6.07, 6.45) is 8.71. The summed E-state index contributed by atoms with van der Waals surface area (Å²) in [5, 5.41) is 0. The van der Waals surface area contributed by atoms with E-state index >= 15 is 0 Å². The molecule has 25 heavy (non-hydrogen) atoms. The molecule has 1 saturated carbocycles. The molecule has 0 unspecified atom stereocenters. The number of pyridine rings is 1. The maximum Gasteiger partial charge on any atom is 0.270 e. The van der Waals surface area contributed by atoms with E-state index in [1.807, 2.05) is 11.0 Å².